The summed E-state index contributed by atoms with van der Waals surface area (Å²) in [6, 6.07) is 4.23. The molecule has 1 aromatic carbocycles. The normalized spacial score (nSPS) is 10.6. The van der Waals surface area contributed by atoms with E-state index in [2.05, 4.69) is 9.97 Å². The van der Waals surface area contributed by atoms with Crippen molar-refractivity contribution in [2.75, 3.05) is 0 Å². The first kappa shape index (κ1) is 11.0. The van der Waals surface area contributed by atoms with Gasteiger partial charge in [-0.3, -0.25) is 10.1 Å². The van der Waals surface area contributed by atoms with E-state index in [1.807, 2.05) is 0 Å². The molecule has 0 aliphatic carbocycles. The number of rotatable bonds is 2. The lowest BCUT2D eigenvalue weighted by Gasteiger charge is -2.01. The number of fused-ring (bicyclic) bond motifs is 1. The van der Waals surface area contributed by atoms with Gasteiger partial charge in [0, 0.05) is 17.5 Å². The topological polar surface area (TPSA) is 68.9 Å². The fourth-order valence-corrected chi connectivity index (χ4v) is 1.67. The van der Waals surface area contributed by atoms with Crippen LogP contribution in [0.15, 0.2) is 18.2 Å². The Labute approximate surface area is 100 Å². The maximum atomic E-state index is 10.6. The van der Waals surface area contributed by atoms with Crippen molar-refractivity contribution in [2.45, 2.75) is 5.88 Å². The molecule has 0 bridgehead atoms. The minimum Gasteiger partial charge on any atom is -0.258 e. The van der Waals surface area contributed by atoms with Crippen molar-refractivity contribution in [3.8, 4) is 0 Å². The van der Waals surface area contributed by atoms with Crippen LogP contribution >= 0.6 is 23.2 Å². The number of halogens is 2. The number of hydrogen-bond acceptors (Lipinski definition) is 4. The third-order valence-corrected chi connectivity index (χ3v) is 2.54. The number of nitro benzene ring substituents is 1. The minimum absolute atomic E-state index is 0.0448. The molecule has 0 unspecified atom stereocenters. The van der Waals surface area contributed by atoms with E-state index >= 15 is 0 Å². The fraction of sp³-hybridized carbons (Fsp3) is 0.111. The van der Waals surface area contributed by atoms with Gasteiger partial charge in [0.1, 0.15) is 11.0 Å². The Morgan fingerprint density at radius 2 is 2.12 bits per heavy atom. The summed E-state index contributed by atoms with van der Waals surface area (Å²) in [6.07, 6.45) is 0. The standard InChI is InChI=1S/C9H5Cl2N3O2/c10-4-8-12-7-2-1-5(14(15)16)3-6(7)9(11)13-8/h1-3H,4H2. The molecule has 82 valence electrons. The van der Waals surface area contributed by atoms with Gasteiger partial charge in [-0.05, 0) is 6.07 Å². The first-order chi connectivity index (χ1) is 7.61. The van der Waals surface area contributed by atoms with E-state index < -0.39 is 4.92 Å². The molecule has 5 nitrogen and oxygen atoms in total. The Morgan fingerprint density at radius 1 is 1.38 bits per heavy atom. The molecule has 0 saturated heterocycles. The van der Waals surface area contributed by atoms with Crippen LogP contribution in [0.5, 0.6) is 0 Å². The lowest BCUT2D eigenvalue weighted by atomic mass is 10.2. The molecule has 1 heterocycles. The van der Waals surface area contributed by atoms with E-state index in [0.29, 0.717) is 16.7 Å². The lowest BCUT2D eigenvalue weighted by Crippen LogP contribution is -1.95. The summed E-state index contributed by atoms with van der Waals surface area (Å²) < 4.78 is 0. The van der Waals surface area contributed by atoms with Crippen LogP contribution < -0.4 is 0 Å². The van der Waals surface area contributed by atoms with Crippen LogP contribution in [0, 0.1) is 10.1 Å². The molecular weight excluding hydrogens is 253 g/mol. The van der Waals surface area contributed by atoms with Gasteiger partial charge in [-0.15, -0.1) is 11.6 Å². The van der Waals surface area contributed by atoms with Crippen molar-refractivity contribution in [3.63, 3.8) is 0 Å². The molecule has 0 aliphatic heterocycles. The summed E-state index contributed by atoms with van der Waals surface area (Å²) >= 11 is 11.5. The van der Waals surface area contributed by atoms with Crippen molar-refractivity contribution in [1.82, 2.24) is 9.97 Å². The average Bonchev–Trinajstić information content (AvgIpc) is 2.28. The van der Waals surface area contributed by atoms with Gasteiger partial charge in [0.05, 0.1) is 16.3 Å². The first-order valence-corrected chi connectivity index (χ1v) is 5.19. The molecule has 2 rings (SSSR count). The van der Waals surface area contributed by atoms with Crippen LogP contribution in [0.1, 0.15) is 5.82 Å². The number of alkyl halides is 1. The molecule has 0 fully saturated rings. The predicted molar refractivity (Wildman–Crippen MR) is 60.8 cm³/mol. The molecule has 0 saturated carbocycles. The van der Waals surface area contributed by atoms with Gasteiger partial charge >= 0.3 is 0 Å². The number of benzene rings is 1. The lowest BCUT2D eigenvalue weighted by molar-refractivity contribution is -0.384. The SMILES string of the molecule is O=[N+]([O-])c1ccc2nc(CCl)nc(Cl)c2c1. The number of hydrogen-bond donors (Lipinski definition) is 0. The van der Waals surface area contributed by atoms with Gasteiger partial charge in [0.25, 0.3) is 5.69 Å². The zero-order chi connectivity index (χ0) is 11.7. The first-order valence-electron chi connectivity index (χ1n) is 4.28. The van der Waals surface area contributed by atoms with E-state index in [1.165, 1.54) is 18.2 Å². The van der Waals surface area contributed by atoms with E-state index in [4.69, 9.17) is 23.2 Å². The Hall–Kier alpha value is -1.46. The second kappa shape index (κ2) is 4.19. The van der Waals surface area contributed by atoms with Crippen LogP contribution in [-0.2, 0) is 5.88 Å². The Balaban J connectivity index is 2.70. The van der Waals surface area contributed by atoms with E-state index in [1.54, 1.807) is 0 Å². The van der Waals surface area contributed by atoms with E-state index in [0.717, 1.165) is 0 Å². The Kier molecular flexibility index (Phi) is 2.89. The number of aromatic nitrogens is 2. The summed E-state index contributed by atoms with van der Waals surface area (Å²) in [5.74, 6) is 0.542. The molecule has 0 N–H and O–H groups in total. The quantitative estimate of drug-likeness (QED) is 0.359. The summed E-state index contributed by atoms with van der Waals surface area (Å²) in [5, 5.41) is 11.2. The number of nitrogens with zero attached hydrogens (tertiary/aromatic N) is 3. The van der Waals surface area contributed by atoms with Crippen LogP contribution in [0.25, 0.3) is 10.9 Å². The van der Waals surface area contributed by atoms with Crippen LogP contribution in [0.2, 0.25) is 5.15 Å². The molecule has 0 radical (unpaired) electrons. The third-order valence-electron chi connectivity index (χ3n) is 2.01. The molecule has 0 spiro atoms. The maximum absolute atomic E-state index is 10.6. The Bertz CT molecular complexity index is 574. The van der Waals surface area contributed by atoms with Gasteiger partial charge in [-0.2, -0.15) is 0 Å². The zero-order valence-corrected chi connectivity index (χ0v) is 9.37. The highest BCUT2D eigenvalue weighted by molar-refractivity contribution is 6.34. The number of non-ortho nitro benzene ring substituents is 1. The molecule has 2 aromatic rings. The zero-order valence-electron chi connectivity index (χ0n) is 7.85. The summed E-state index contributed by atoms with van der Waals surface area (Å²) in [7, 11) is 0. The van der Waals surface area contributed by atoms with Gasteiger partial charge in [-0.1, -0.05) is 11.6 Å². The van der Waals surface area contributed by atoms with E-state index in [9.17, 15) is 10.1 Å². The van der Waals surface area contributed by atoms with Gasteiger partial charge in [-0.25, -0.2) is 9.97 Å². The largest absolute Gasteiger partial charge is 0.270 e. The molecular formula is C9H5Cl2N3O2. The minimum atomic E-state index is -0.495. The second-order valence-corrected chi connectivity index (χ2v) is 3.65. The summed E-state index contributed by atoms with van der Waals surface area (Å²) in [4.78, 5) is 18.1. The molecule has 7 heteroatoms. The Morgan fingerprint density at radius 3 is 2.75 bits per heavy atom. The van der Waals surface area contributed by atoms with Gasteiger partial charge in [0.15, 0.2) is 0 Å². The van der Waals surface area contributed by atoms with Crippen molar-refractivity contribution < 1.29 is 4.92 Å². The van der Waals surface area contributed by atoms with Crippen LogP contribution in [0.4, 0.5) is 5.69 Å². The number of nitro groups is 1. The predicted octanol–water partition coefficient (Wildman–Crippen LogP) is 2.93. The van der Waals surface area contributed by atoms with Gasteiger partial charge in [0.2, 0.25) is 0 Å². The van der Waals surface area contributed by atoms with E-state index in [-0.39, 0.29) is 16.7 Å². The molecule has 0 atom stereocenters. The average molecular weight is 258 g/mol. The molecule has 0 amide bonds. The molecule has 0 aliphatic rings. The van der Waals surface area contributed by atoms with Crippen LogP contribution in [0.3, 0.4) is 0 Å². The maximum Gasteiger partial charge on any atom is 0.270 e. The van der Waals surface area contributed by atoms with Crippen LogP contribution in [-0.4, -0.2) is 14.9 Å². The summed E-state index contributed by atoms with van der Waals surface area (Å²) in [6.45, 7) is 0. The smallest absolute Gasteiger partial charge is 0.258 e. The highest BCUT2D eigenvalue weighted by atomic mass is 35.5. The van der Waals surface area contributed by atoms with Crippen molar-refractivity contribution >= 4 is 39.8 Å². The highest BCUT2D eigenvalue weighted by Gasteiger charge is 2.11. The third kappa shape index (κ3) is 1.91. The summed E-state index contributed by atoms with van der Waals surface area (Å²) in [5.41, 5.74) is 0.498. The molecule has 16 heavy (non-hydrogen) atoms. The fourth-order valence-electron chi connectivity index (χ4n) is 1.30. The monoisotopic (exact) mass is 257 g/mol. The van der Waals surface area contributed by atoms with Crippen molar-refractivity contribution in [2.24, 2.45) is 0 Å². The van der Waals surface area contributed by atoms with Crippen molar-refractivity contribution in [1.29, 1.82) is 0 Å². The van der Waals surface area contributed by atoms with Crippen molar-refractivity contribution in [3.05, 3.63) is 39.3 Å². The second-order valence-electron chi connectivity index (χ2n) is 3.02. The van der Waals surface area contributed by atoms with Gasteiger partial charge < -0.3 is 0 Å². The highest BCUT2D eigenvalue weighted by Crippen LogP contribution is 2.25. The molecule has 1 aromatic heterocycles.